The van der Waals surface area contributed by atoms with Crippen LogP contribution in [0.25, 0.3) is 0 Å². The number of hydrogen-bond donors (Lipinski definition) is 2. The Morgan fingerprint density at radius 3 is 2.76 bits per heavy atom. The molecule has 2 atom stereocenters. The van der Waals surface area contributed by atoms with Gasteiger partial charge in [0.25, 0.3) is 5.91 Å². The molecule has 1 aromatic heterocycles. The lowest BCUT2D eigenvalue weighted by Crippen LogP contribution is -2.32. The van der Waals surface area contributed by atoms with Gasteiger partial charge in [-0.25, -0.2) is 9.97 Å². The van der Waals surface area contributed by atoms with E-state index in [4.69, 9.17) is 10.5 Å². The predicted octanol–water partition coefficient (Wildman–Crippen LogP) is 2.23. The molecule has 1 amide bonds. The maximum absolute atomic E-state index is 13.0. The van der Waals surface area contributed by atoms with Gasteiger partial charge in [0.15, 0.2) is 0 Å². The number of amides is 1. The number of nitrogens with zero attached hydrogens (tertiary/aromatic N) is 4. The number of ether oxygens (including phenoxy) is 1. The lowest BCUT2D eigenvalue weighted by molar-refractivity contribution is 0.0791. The van der Waals surface area contributed by atoms with Crippen LogP contribution >= 0.6 is 15.9 Å². The third kappa shape index (κ3) is 4.79. The summed E-state index contributed by atoms with van der Waals surface area (Å²) in [5, 5.41) is 3.29. The third-order valence-electron chi connectivity index (χ3n) is 5.33. The SMILES string of the molecule is CN1CC[C@@H](Oc2cc(C(=O)N3CC[C@@H](Nc4ncc(Br)cn4)C3)ccc2N)C1. The molecule has 1 aromatic carbocycles. The van der Waals surface area contributed by atoms with Crippen LogP contribution in [0.4, 0.5) is 11.6 Å². The van der Waals surface area contributed by atoms with Crippen molar-refractivity contribution in [3.05, 3.63) is 40.6 Å². The quantitative estimate of drug-likeness (QED) is 0.660. The predicted molar refractivity (Wildman–Crippen MR) is 115 cm³/mol. The monoisotopic (exact) mass is 460 g/mol. The highest BCUT2D eigenvalue weighted by molar-refractivity contribution is 9.10. The average molecular weight is 461 g/mol. The second-order valence-corrected chi connectivity index (χ2v) is 8.57. The highest BCUT2D eigenvalue weighted by atomic mass is 79.9. The first-order valence-electron chi connectivity index (χ1n) is 9.76. The van der Waals surface area contributed by atoms with Crippen LogP contribution in [0.3, 0.4) is 0 Å². The van der Waals surface area contributed by atoms with Crippen molar-refractivity contribution in [1.82, 2.24) is 19.8 Å². The van der Waals surface area contributed by atoms with Crippen LogP contribution in [0.15, 0.2) is 35.1 Å². The van der Waals surface area contributed by atoms with Crippen molar-refractivity contribution in [3.63, 3.8) is 0 Å². The number of rotatable bonds is 5. The summed E-state index contributed by atoms with van der Waals surface area (Å²) in [5.41, 5.74) is 7.24. The lowest BCUT2D eigenvalue weighted by atomic mass is 10.1. The zero-order chi connectivity index (χ0) is 20.4. The summed E-state index contributed by atoms with van der Waals surface area (Å²) in [4.78, 5) is 25.5. The van der Waals surface area contributed by atoms with Crippen molar-refractivity contribution >= 4 is 33.5 Å². The first kappa shape index (κ1) is 19.9. The molecule has 4 rings (SSSR count). The van der Waals surface area contributed by atoms with Gasteiger partial charge in [0.05, 0.1) is 10.2 Å². The number of nitrogens with two attached hydrogens (primary N) is 1. The van der Waals surface area contributed by atoms with Gasteiger partial charge < -0.3 is 25.6 Å². The van der Waals surface area contributed by atoms with Crippen LogP contribution in [0.5, 0.6) is 5.75 Å². The van der Waals surface area contributed by atoms with Crippen molar-refractivity contribution in [2.45, 2.75) is 25.0 Å². The van der Waals surface area contributed by atoms with Gasteiger partial charge in [-0.1, -0.05) is 0 Å². The molecule has 0 aliphatic carbocycles. The largest absolute Gasteiger partial charge is 0.487 e. The minimum absolute atomic E-state index is 0.0144. The molecule has 0 radical (unpaired) electrons. The fourth-order valence-corrected chi connectivity index (χ4v) is 3.96. The van der Waals surface area contributed by atoms with Crippen LogP contribution in [0.2, 0.25) is 0 Å². The maximum Gasteiger partial charge on any atom is 0.254 e. The number of benzene rings is 1. The van der Waals surface area contributed by atoms with Crippen molar-refractivity contribution in [2.75, 3.05) is 44.3 Å². The minimum atomic E-state index is -0.0144. The zero-order valence-electron chi connectivity index (χ0n) is 16.3. The van der Waals surface area contributed by atoms with Crippen molar-refractivity contribution in [1.29, 1.82) is 0 Å². The normalized spacial score (nSPS) is 22.1. The molecule has 3 heterocycles. The minimum Gasteiger partial charge on any atom is -0.487 e. The van der Waals surface area contributed by atoms with Crippen molar-refractivity contribution < 1.29 is 9.53 Å². The summed E-state index contributed by atoms with van der Waals surface area (Å²) >= 11 is 3.33. The smallest absolute Gasteiger partial charge is 0.254 e. The Hall–Kier alpha value is -2.39. The van der Waals surface area contributed by atoms with E-state index in [0.29, 0.717) is 36.0 Å². The highest BCUT2D eigenvalue weighted by Gasteiger charge is 2.28. The molecule has 0 spiro atoms. The molecule has 0 bridgehead atoms. The number of nitrogen functional groups attached to an aromatic ring is 1. The van der Waals surface area contributed by atoms with E-state index in [2.05, 4.69) is 43.2 Å². The van der Waals surface area contributed by atoms with E-state index in [1.54, 1.807) is 30.6 Å². The van der Waals surface area contributed by atoms with Gasteiger partial charge in [-0.3, -0.25) is 4.79 Å². The standard InChI is InChI=1S/C20H25BrN6O2/c1-26-6-5-16(12-26)29-18-8-13(2-3-17(18)22)19(28)27-7-4-15(11-27)25-20-23-9-14(21)10-24-20/h2-3,8-10,15-16H,4-7,11-12,22H2,1H3,(H,23,24,25)/t15-,16-/m1/s1. The van der Waals surface area contributed by atoms with Gasteiger partial charge in [0.2, 0.25) is 5.95 Å². The molecule has 2 aliphatic heterocycles. The van der Waals surface area contributed by atoms with Crippen LogP contribution < -0.4 is 15.8 Å². The Kier molecular flexibility index (Phi) is 5.86. The summed E-state index contributed by atoms with van der Waals surface area (Å²) in [6, 6.07) is 5.42. The molecule has 29 heavy (non-hydrogen) atoms. The maximum atomic E-state index is 13.0. The van der Waals surface area contributed by atoms with E-state index in [9.17, 15) is 4.79 Å². The molecule has 9 heteroatoms. The fraction of sp³-hybridized carbons (Fsp3) is 0.450. The molecule has 2 aliphatic rings. The number of anilines is 2. The molecule has 3 N–H and O–H groups in total. The van der Waals surface area contributed by atoms with E-state index in [1.807, 2.05) is 4.90 Å². The van der Waals surface area contributed by atoms with Gasteiger partial charge in [-0.15, -0.1) is 0 Å². The number of halogens is 1. The Morgan fingerprint density at radius 2 is 2.03 bits per heavy atom. The Labute approximate surface area is 178 Å². The third-order valence-corrected chi connectivity index (χ3v) is 5.74. The molecule has 2 fully saturated rings. The first-order valence-corrected chi connectivity index (χ1v) is 10.6. The van der Waals surface area contributed by atoms with Gasteiger partial charge in [0, 0.05) is 50.2 Å². The second kappa shape index (κ2) is 8.54. The number of carbonyl (C=O) groups excluding carboxylic acids is 1. The van der Waals surface area contributed by atoms with Crippen molar-refractivity contribution in [2.24, 2.45) is 0 Å². The number of carbonyl (C=O) groups is 1. The number of likely N-dealkylation sites (N-methyl/N-ethyl adjacent to an activating group) is 1. The fourth-order valence-electron chi connectivity index (χ4n) is 3.75. The van der Waals surface area contributed by atoms with Crippen molar-refractivity contribution in [3.8, 4) is 5.75 Å². The van der Waals surface area contributed by atoms with E-state index < -0.39 is 0 Å². The molecular formula is C20H25BrN6O2. The van der Waals surface area contributed by atoms with E-state index in [1.165, 1.54) is 0 Å². The number of likely N-dealkylation sites (tertiary alicyclic amines) is 2. The summed E-state index contributed by atoms with van der Waals surface area (Å²) in [5.74, 6) is 1.14. The summed E-state index contributed by atoms with van der Waals surface area (Å²) < 4.78 is 6.90. The van der Waals surface area contributed by atoms with Crippen LogP contribution in [-0.2, 0) is 0 Å². The molecule has 2 saturated heterocycles. The number of hydrogen-bond acceptors (Lipinski definition) is 7. The second-order valence-electron chi connectivity index (χ2n) is 7.65. The molecule has 8 nitrogen and oxygen atoms in total. The van der Waals surface area contributed by atoms with Gasteiger partial charge in [-0.05, 0) is 54.0 Å². The van der Waals surface area contributed by atoms with E-state index in [0.717, 1.165) is 30.4 Å². The molecule has 2 aromatic rings. The first-order chi connectivity index (χ1) is 14.0. The van der Waals surface area contributed by atoms with Gasteiger partial charge in [0.1, 0.15) is 11.9 Å². The van der Waals surface area contributed by atoms with Gasteiger partial charge in [-0.2, -0.15) is 0 Å². The van der Waals surface area contributed by atoms with Crippen LogP contribution in [0.1, 0.15) is 23.2 Å². The Bertz CT molecular complexity index is 878. The zero-order valence-corrected chi connectivity index (χ0v) is 17.9. The van der Waals surface area contributed by atoms with Crippen LogP contribution in [0, 0.1) is 0 Å². The van der Waals surface area contributed by atoms with Crippen LogP contribution in [-0.4, -0.2) is 71.0 Å². The van der Waals surface area contributed by atoms with Gasteiger partial charge >= 0.3 is 0 Å². The Balaban J connectivity index is 1.39. The highest BCUT2D eigenvalue weighted by Crippen LogP contribution is 2.27. The molecular weight excluding hydrogens is 436 g/mol. The summed E-state index contributed by atoms with van der Waals surface area (Å²) in [6.07, 6.45) is 5.32. The van der Waals surface area contributed by atoms with E-state index in [-0.39, 0.29) is 18.1 Å². The number of nitrogens with one attached hydrogen (secondary N) is 1. The topological polar surface area (TPSA) is 96.6 Å². The molecule has 0 saturated carbocycles. The summed E-state index contributed by atoms with van der Waals surface area (Å²) in [7, 11) is 2.07. The van der Waals surface area contributed by atoms with E-state index >= 15 is 0 Å². The lowest BCUT2D eigenvalue weighted by Gasteiger charge is -2.19. The Morgan fingerprint density at radius 1 is 1.24 bits per heavy atom. The average Bonchev–Trinajstić information content (AvgIpc) is 3.34. The molecule has 0 unspecified atom stereocenters. The number of aromatic nitrogens is 2. The molecule has 154 valence electrons. The summed E-state index contributed by atoms with van der Waals surface area (Å²) in [6.45, 7) is 3.16.